The molecule has 200 valence electrons. The summed E-state index contributed by atoms with van der Waals surface area (Å²) < 4.78 is 52.1. The molecule has 3 saturated carbocycles. The van der Waals surface area contributed by atoms with E-state index in [0.29, 0.717) is 58.2 Å². The van der Waals surface area contributed by atoms with Gasteiger partial charge in [0.2, 0.25) is 0 Å². The molecule has 6 rings (SSSR count). The minimum absolute atomic E-state index is 0.00588. The number of benzene rings is 1. The van der Waals surface area contributed by atoms with Gasteiger partial charge >= 0.3 is 6.18 Å². The summed E-state index contributed by atoms with van der Waals surface area (Å²) in [6, 6.07) is 8.03. The highest BCUT2D eigenvalue weighted by molar-refractivity contribution is 9.10. The Bertz CT molecular complexity index is 1180. The summed E-state index contributed by atoms with van der Waals surface area (Å²) >= 11 is 3.50. The van der Waals surface area contributed by atoms with E-state index < -0.39 is 28.6 Å². The maximum Gasteiger partial charge on any atom is 0.457 e. The highest BCUT2D eigenvalue weighted by atomic mass is 79.9. The summed E-state index contributed by atoms with van der Waals surface area (Å²) in [4.78, 5) is 0. The molecule has 4 fully saturated rings. The summed E-state index contributed by atoms with van der Waals surface area (Å²) in [7, 11) is 0. The Kier molecular flexibility index (Phi) is 5.99. The van der Waals surface area contributed by atoms with Gasteiger partial charge < -0.3 is 19.7 Å². The lowest BCUT2D eigenvalue weighted by Gasteiger charge is -2.57. The third-order valence-corrected chi connectivity index (χ3v) is 10.6. The molecule has 1 aliphatic heterocycles. The molecule has 1 aromatic rings. The molecule has 5 aliphatic rings. The standard InChI is InChI=1S/C29H32BrF3O4/c1-25-16-21(18-2-4-19(30)5-3-18)24-20(22(25)7-10-27(25,35)12-13-29(31,32)33)6-9-26(34)17-28(11-8-23(24)26)36-14-15-37-28/h2-5,20-22,34-35H,6-11,14-17H2,1H3/t20?,21?,22?,25-,26+,27+/m0/s1. The molecule has 1 spiro atoms. The van der Waals surface area contributed by atoms with Crippen LogP contribution >= 0.6 is 15.9 Å². The van der Waals surface area contributed by atoms with Crippen molar-refractivity contribution in [2.24, 2.45) is 17.3 Å². The molecule has 0 radical (unpaired) electrons. The summed E-state index contributed by atoms with van der Waals surface area (Å²) in [6.07, 6.45) is -0.331. The Morgan fingerprint density at radius 2 is 1.73 bits per heavy atom. The van der Waals surface area contributed by atoms with Crippen molar-refractivity contribution in [1.82, 2.24) is 0 Å². The number of rotatable bonds is 1. The van der Waals surface area contributed by atoms with Gasteiger partial charge in [0.05, 0.1) is 18.8 Å². The molecule has 4 aliphatic carbocycles. The van der Waals surface area contributed by atoms with Gasteiger partial charge in [-0.2, -0.15) is 13.2 Å². The first kappa shape index (κ1) is 25.9. The van der Waals surface area contributed by atoms with Gasteiger partial charge in [-0.25, -0.2) is 0 Å². The number of alkyl halides is 3. The maximum atomic E-state index is 13.1. The maximum absolute atomic E-state index is 13.1. The molecule has 1 aromatic carbocycles. The zero-order valence-corrected chi connectivity index (χ0v) is 22.4. The lowest BCUT2D eigenvalue weighted by Crippen LogP contribution is -2.55. The number of aliphatic hydroxyl groups is 2. The van der Waals surface area contributed by atoms with Crippen molar-refractivity contribution in [2.75, 3.05) is 13.2 Å². The number of ether oxygens (including phenoxy) is 2. The highest BCUT2D eigenvalue weighted by Gasteiger charge is 2.64. The van der Waals surface area contributed by atoms with Crippen LogP contribution in [0, 0.1) is 29.1 Å². The monoisotopic (exact) mass is 580 g/mol. The molecule has 6 atom stereocenters. The Morgan fingerprint density at radius 3 is 2.41 bits per heavy atom. The molecule has 1 heterocycles. The number of hydrogen-bond acceptors (Lipinski definition) is 4. The number of hydrogen-bond donors (Lipinski definition) is 2. The van der Waals surface area contributed by atoms with Crippen LogP contribution in [0.4, 0.5) is 13.2 Å². The second-order valence-electron chi connectivity index (χ2n) is 11.9. The predicted molar refractivity (Wildman–Crippen MR) is 134 cm³/mol. The lowest BCUT2D eigenvalue weighted by molar-refractivity contribution is -0.208. The fraction of sp³-hybridized carbons (Fsp3) is 0.655. The first-order chi connectivity index (χ1) is 17.4. The summed E-state index contributed by atoms with van der Waals surface area (Å²) in [5.41, 5.74) is -0.222. The van der Waals surface area contributed by atoms with Gasteiger partial charge in [0, 0.05) is 34.6 Å². The highest BCUT2D eigenvalue weighted by Crippen LogP contribution is 2.67. The molecular weight excluding hydrogens is 549 g/mol. The van der Waals surface area contributed by atoms with E-state index in [4.69, 9.17) is 9.47 Å². The van der Waals surface area contributed by atoms with E-state index in [2.05, 4.69) is 21.9 Å². The molecule has 0 amide bonds. The smallest absolute Gasteiger partial charge is 0.385 e. The van der Waals surface area contributed by atoms with Crippen molar-refractivity contribution in [1.29, 1.82) is 0 Å². The van der Waals surface area contributed by atoms with Crippen molar-refractivity contribution in [3.05, 3.63) is 45.4 Å². The first-order valence-corrected chi connectivity index (χ1v) is 14.0. The van der Waals surface area contributed by atoms with Crippen molar-refractivity contribution in [3.8, 4) is 11.8 Å². The van der Waals surface area contributed by atoms with Crippen molar-refractivity contribution >= 4 is 15.9 Å². The predicted octanol–water partition coefficient (Wildman–Crippen LogP) is 6.01. The molecule has 3 unspecified atom stereocenters. The molecular formula is C29H32BrF3O4. The Morgan fingerprint density at radius 1 is 1.03 bits per heavy atom. The van der Waals surface area contributed by atoms with Gasteiger partial charge in [0.1, 0.15) is 5.60 Å². The zero-order valence-electron chi connectivity index (χ0n) is 20.8. The lowest BCUT2D eigenvalue weighted by atomic mass is 9.49. The van der Waals surface area contributed by atoms with E-state index in [9.17, 15) is 23.4 Å². The first-order valence-electron chi connectivity index (χ1n) is 13.2. The number of halogens is 4. The molecule has 37 heavy (non-hydrogen) atoms. The van der Waals surface area contributed by atoms with E-state index in [1.165, 1.54) is 11.5 Å². The van der Waals surface area contributed by atoms with Gasteiger partial charge in [-0.05, 0) is 73.6 Å². The molecule has 4 nitrogen and oxygen atoms in total. The van der Waals surface area contributed by atoms with E-state index in [-0.39, 0.29) is 24.2 Å². The fourth-order valence-corrected chi connectivity index (χ4v) is 8.66. The minimum Gasteiger partial charge on any atom is -0.385 e. The Labute approximate surface area is 223 Å². The van der Waals surface area contributed by atoms with Crippen LogP contribution in [0.5, 0.6) is 0 Å². The average molecular weight is 581 g/mol. The Hall–Kier alpha value is -1.37. The molecule has 2 N–H and O–H groups in total. The number of fused-ring (bicyclic) bond motifs is 4. The largest absolute Gasteiger partial charge is 0.457 e. The van der Waals surface area contributed by atoms with Gasteiger partial charge in [0.15, 0.2) is 5.79 Å². The van der Waals surface area contributed by atoms with Crippen molar-refractivity contribution in [3.63, 3.8) is 0 Å². The topological polar surface area (TPSA) is 58.9 Å². The van der Waals surface area contributed by atoms with Crippen LogP contribution in [0.15, 0.2) is 39.9 Å². The molecule has 8 heteroatoms. The van der Waals surface area contributed by atoms with Crippen LogP contribution < -0.4 is 0 Å². The van der Waals surface area contributed by atoms with Crippen LogP contribution in [0.25, 0.3) is 0 Å². The van der Waals surface area contributed by atoms with Gasteiger partial charge in [0.25, 0.3) is 0 Å². The van der Waals surface area contributed by atoms with Crippen LogP contribution in [-0.4, -0.2) is 46.6 Å². The van der Waals surface area contributed by atoms with Crippen molar-refractivity contribution in [2.45, 2.75) is 87.4 Å². The average Bonchev–Trinajstić information content (AvgIpc) is 3.38. The molecule has 1 saturated heterocycles. The van der Waals surface area contributed by atoms with Crippen LogP contribution in [-0.2, 0) is 9.47 Å². The zero-order chi connectivity index (χ0) is 26.3. The fourth-order valence-electron chi connectivity index (χ4n) is 8.39. The second kappa shape index (κ2) is 8.56. The van der Waals surface area contributed by atoms with E-state index in [0.717, 1.165) is 15.6 Å². The summed E-state index contributed by atoms with van der Waals surface area (Å²) in [6.45, 7) is 2.99. The van der Waals surface area contributed by atoms with Crippen LogP contribution in [0.3, 0.4) is 0 Å². The van der Waals surface area contributed by atoms with Crippen LogP contribution in [0.1, 0.15) is 69.8 Å². The number of allylic oxidation sites excluding steroid dienone is 1. The van der Waals surface area contributed by atoms with E-state index >= 15 is 0 Å². The quantitative estimate of drug-likeness (QED) is 0.315. The van der Waals surface area contributed by atoms with Crippen LogP contribution in [0.2, 0.25) is 0 Å². The Balaban J connectivity index is 1.47. The molecule has 0 aromatic heterocycles. The van der Waals surface area contributed by atoms with Gasteiger partial charge in [-0.3, -0.25) is 0 Å². The summed E-state index contributed by atoms with van der Waals surface area (Å²) in [5, 5.41) is 23.7. The van der Waals surface area contributed by atoms with Crippen molar-refractivity contribution < 1.29 is 32.9 Å². The third kappa shape index (κ3) is 4.12. The molecule has 0 bridgehead atoms. The second-order valence-corrected chi connectivity index (χ2v) is 12.8. The van der Waals surface area contributed by atoms with Gasteiger partial charge in [-0.1, -0.05) is 46.5 Å². The minimum atomic E-state index is -4.65. The summed E-state index contributed by atoms with van der Waals surface area (Å²) in [5.74, 6) is 2.88. The SMILES string of the molecule is C[C@]12CC(c3ccc(Br)cc3)C3=C4CCC5(C[C@]4(O)CCC3C1CC[C@@]2(O)C#CC(F)(F)F)OCCO5. The third-order valence-electron chi connectivity index (χ3n) is 10.1. The van der Waals surface area contributed by atoms with E-state index in [1.807, 2.05) is 31.2 Å². The normalized spacial score (nSPS) is 40.6. The van der Waals surface area contributed by atoms with Gasteiger partial charge in [-0.15, -0.1) is 0 Å². The van der Waals surface area contributed by atoms with E-state index in [1.54, 1.807) is 0 Å².